The van der Waals surface area contributed by atoms with Crippen molar-refractivity contribution in [2.45, 2.75) is 91.7 Å². The third-order valence-corrected chi connectivity index (χ3v) is 7.96. The number of ether oxygens (including phenoxy) is 7. The van der Waals surface area contributed by atoms with Crippen LogP contribution in [0.15, 0.2) is 24.4 Å². The van der Waals surface area contributed by atoms with E-state index in [9.17, 15) is 4.79 Å². The van der Waals surface area contributed by atoms with Crippen LogP contribution in [0.5, 0.6) is 0 Å². The van der Waals surface area contributed by atoms with E-state index >= 15 is 0 Å². The third-order valence-electron chi connectivity index (χ3n) is 4.92. The van der Waals surface area contributed by atoms with Crippen molar-refractivity contribution in [3.8, 4) is 0 Å². The molecule has 0 saturated heterocycles. The first-order valence-electron chi connectivity index (χ1n) is 12.2. The van der Waals surface area contributed by atoms with Gasteiger partial charge in [0.05, 0.1) is 6.61 Å². The third kappa shape index (κ3) is 13.7. The summed E-state index contributed by atoms with van der Waals surface area (Å²) in [4.78, 5) is 16.3. The second-order valence-electron chi connectivity index (χ2n) is 8.01. The summed E-state index contributed by atoms with van der Waals surface area (Å²) in [5.41, 5.74) is 0.219. The SMILES string of the molecule is COC(C)OC(C)O[Si](CCCOC(=O)c1ccccn1)(OC(C)OC(C)OC)OC(C)OC(C)OC. The Morgan fingerprint density at radius 1 is 0.757 bits per heavy atom. The minimum Gasteiger partial charge on any atom is -0.461 e. The topological polar surface area (TPSA) is 122 Å². The number of methoxy groups -OCH3 is 3. The molecular formula is C24H43NO11Si. The molecule has 0 radical (unpaired) electrons. The Morgan fingerprint density at radius 2 is 1.22 bits per heavy atom. The van der Waals surface area contributed by atoms with Gasteiger partial charge in [0, 0.05) is 33.6 Å². The number of aromatic nitrogens is 1. The van der Waals surface area contributed by atoms with Crippen LogP contribution in [0.2, 0.25) is 6.04 Å². The molecule has 0 aliphatic carbocycles. The van der Waals surface area contributed by atoms with Gasteiger partial charge < -0.3 is 46.4 Å². The van der Waals surface area contributed by atoms with E-state index in [0.717, 1.165) is 0 Å². The van der Waals surface area contributed by atoms with Crippen LogP contribution in [-0.4, -0.2) is 85.4 Å². The largest absolute Gasteiger partial charge is 0.506 e. The fraction of sp³-hybridized carbons (Fsp3) is 0.750. The quantitative estimate of drug-likeness (QED) is 0.102. The summed E-state index contributed by atoms with van der Waals surface area (Å²) in [6.45, 7) is 10.4. The van der Waals surface area contributed by atoms with Crippen molar-refractivity contribution in [3.05, 3.63) is 30.1 Å². The van der Waals surface area contributed by atoms with Gasteiger partial charge in [0.1, 0.15) is 5.69 Å². The molecule has 12 nitrogen and oxygen atoms in total. The first-order valence-corrected chi connectivity index (χ1v) is 14.1. The Labute approximate surface area is 221 Å². The van der Waals surface area contributed by atoms with E-state index in [0.29, 0.717) is 6.42 Å². The number of carbonyl (C=O) groups excluding carboxylic acids is 1. The molecule has 0 fully saturated rings. The predicted octanol–water partition coefficient (Wildman–Crippen LogP) is 3.68. The number of carbonyl (C=O) groups is 1. The van der Waals surface area contributed by atoms with Crippen LogP contribution in [-0.2, 0) is 46.4 Å². The number of pyridine rings is 1. The van der Waals surface area contributed by atoms with E-state index in [-0.39, 0.29) is 18.3 Å². The molecule has 0 aliphatic rings. The van der Waals surface area contributed by atoms with Crippen molar-refractivity contribution < 1.29 is 51.2 Å². The summed E-state index contributed by atoms with van der Waals surface area (Å²) in [5, 5.41) is 0. The maximum absolute atomic E-state index is 12.3. The van der Waals surface area contributed by atoms with Gasteiger partial charge in [0.2, 0.25) is 0 Å². The highest BCUT2D eigenvalue weighted by molar-refractivity contribution is 6.60. The van der Waals surface area contributed by atoms with Gasteiger partial charge in [-0.25, -0.2) is 9.78 Å². The Balaban J connectivity index is 3.06. The van der Waals surface area contributed by atoms with Crippen LogP contribution in [0, 0.1) is 0 Å². The maximum atomic E-state index is 12.3. The molecule has 6 atom stereocenters. The lowest BCUT2D eigenvalue weighted by Gasteiger charge is -2.37. The van der Waals surface area contributed by atoms with Crippen molar-refractivity contribution in [1.29, 1.82) is 0 Å². The summed E-state index contributed by atoms with van der Waals surface area (Å²) in [7, 11) is 0.945. The van der Waals surface area contributed by atoms with Crippen LogP contribution < -0.4 is 0 Å². The molecule has 6 unspecified atom stereocenters. The zero-order valence-corrected chi connectivity index (χ0v) is 24.3. The lowest BCUT2D eigenvalue weighted by Crippen LogP contribution is -2.53. The molecular weight excluding hydrogens is 506 g/mol. The lowest BCUT2D eigenvalue weighted by atomic mass is 10.3. The van der Waals surface area contributed by atoms with Crippen molar-refractivity contribution >= 4 is 14.8 Å². The number of esters is 1. The zero-order chi connectivity index (χ0) is 27.8. The van der Waals surface area contributed by atoms with E-state index in [1.807, 2.05) is 0 Å². The molecule has 13 heteroatoms. The monoisotopic (exact) mass is 549 g/mol. The number of nitrogens with zero attached hydrogens (tertiary/aromatic N) is 1. The van der Waals surface area contributed by atoms with Gasteiger partial charge in [0.15, 0.2) is 37.7 Å². The highest BCUT2D eigenvalue weighted by Crippen LogP contribution is 2.26. The van der Waals surface area contributed by atoms with E-state index < -0.39 is 52.5 Å². The smallest absolute Gasteiger partial charge is 0.461 e. The van der Waals surface area contributed by atoms with Crippen molar-refractivity contribution in [1.82, 2.24) is 4.98 Å². The van der Waals surface area contributed by atoms with Gasteiger partial charge in [-0.05, 0) is 60.1 Å². The highest BCUT2D eigenvalue weighted by atomic mass is 28.4. The molecule has 0 amide bonds. The average molecular weight is 550 g/mol. The molecule has 214 valence electrons. The molecule has 0 bridgehead atoms. The minimum absolute atomic E-state index is 0.0807. The molecule has 0 aliphatic heterocycles. The molecule has 0 N–H and O–H groups in total. The summed E-state index contributed by atoms with van der Waals surface area (Å²) < 4.78 is 56.9. The average Bonchev–Trinajstić information content (AvgIpc) is 2.86. The molecule has 1 rings (SSSR count). The van der Waals surface area contributed by atoms with E-state index in [2.05, 4.69) is 4.98 Å². The van der Waals surface area contributed by atoms with Crippen LogP contribution in [0.25, 0.3) is 0 Å². The van der Waals surface area contributed by atoms with Crippen LogP contribution in [0.4, 0.5) is 0 Å². The van der Waals surface area contributed by atoms with E-state index in [1.165, 1.54) is 27.5 Å². The zero-order valence-electron chi connectivity index (χ0n) is 23.3. The summed E-state index contributed by atoms with van der Waals surface area (Å²) in [5.74, 6) is -0.530. The fourth-order valence-electron chi connectivity index (χ4n) is 3.09. The molecule has 1 aromatic rings. The van der Waals surface area contributed by atoms with E-state index in [4.69, 9.17) is 46.4 Å². The summed E-state index contributed by atoms with van der Waals surface area (Å²) >= 11 is 0. The summed E-state index contributed by atoms with van der Waals surface area (Å²) in [6, 6.07) is 5.27. The first kappa shape index (κ1) is 33.5. The molecule has 37 heavy (non-hydrogen) atoms. The molecule has 0 aromatic carbocycles. The van der Waals surface area contributed by atoms with Crippen molar-refractivity contribution in [2.24, 2.45) is 0 Å². The Kier molecular flexibility index (Phi) is 16.2. The molecule has 0 saturated carbocycles. The van der Waals surface area contributed by atoms with Gasteiger partial charge in [-0.3, -0.25) is 0 Å². The van der Waals surface area contributed by atoms with Gasteiger partial charge in [-0.1, -0.05) is 6.07 Å². The number of rotatable bonds is 20. The summed E-state index contributed by atoms with van der Waals surface area (Å²) in [6.07, 6.45) is -2.03. The number of hydrogen-bond acceptors (Lipinski definition) is 12. The molecule has 1 aromatic heterocycles. The molecule has 0 spiro atoms. The van der Waals surface area contributed by atoms with Gasteiger partial charge in [0.25, 0.3) is 0 Å². The van der Waals surface area contributed by atoms with Crippen LogP contribution >= 0.6 is 0 Å². The fourth-order valence-corrected chi connectivity index (χ4v) is 5.87. The van der Waals surface area contributed by atoms with Crippen LogP contribution in [0.1, 0.15) is 58.5 Å². The predicted molar refractivity (Wildman–Crippen MR) is 134 cm³/mol. The van der Waals surface area contributed by atoms with Crippen LogP contribution in [0.3, 0.4) is 0 Å². The van der Waals surface area contributed by atoms with Crippen molar-refractivity contribution in [2.75, 3.05) is 27.9 Å². The maximum Gasteiger partial charge on any atom is 0.506 e. The Bertz CT molecular complexity index is 694. The second kappa shape index (κ2) is 17.9. The van der Waals surface area contributed by atoms with Gasteiger partial charge in [-0.2, -0.15) is 0 Å². The Hall–Kier alpha value is -1.52. The lowest BCUT2D eigenvalue weighted by molar-refractivity contribution is -0.252. The Morgan fingerprint density at radius 3 is 1.59 bits per heavy atom. The van der Waals surface area contributed by atoms with Gasteiger partial charge >= 0.3 is 14.8 Å². The number of hydrogen-bond donors (Lipinski definition) is 0. The first-order chi connectivity index (χ1) is 17.5. The minimum atomic E-state index is -3.62. The van der Waals surface area contributed by atoms with E-state index in [1.54, 1.807) is 59.7 Å². The second-order valence-corrected chi connectivity index (χ2v) is 10.6. The van der Waals surface area contributed by atoms with Gasteiger partial charge in [-0.15, -0.1) is 0 Å². The molecule has 1 heterocycles. The highest BCUT2D eigenvalue weighted by Gasteiger charge is 2.47. The normalized spacial score (nSPS) is 18.3. The van der Waals surface area contributed by atoms with Crippen molar-refractivity contribution in [3.63, 3.8) is 0 Å². The standard InChI is InChI=1S/C24H43NO11Si/c1-17(27-7)31-20(4)34-37(35-21(5)32-18(2)28-8,36-22(6)33-19(3)29-9)16-12-15-30-24(26)23-13-10-11-14-25-23/h10-11,13-14,17-22H,12,15-16H2,1-9H3.